The first-order valence-corrected chi connectivity index (χ1v) is 8.49. The highest BCUT2D eigenvalue weighted by atomic mass is 32.2. The largest absolute Gasteiger partial charge is 0.259 e. The number of rotatable bonds is 3. The Morgan fingerprint density at radius 2 is 1.65 bits per heavy atom. The van der Waals surface area contributed by atoms with Crippen molar-refractivity contribution in [3.8, 4) is 0 Å². The van der Waals surface area contributed by atoms with Crippen molar-refractivity contribution in [2.45, 2.75) is 45.3 Å². The molecule has 2 aromatic carbocycles. The monoisotopic (exact) mass is 288 g/mol. The Balaban J connectivity index is 2.38. The predicted octanol–water partition coefficient (Wildman–Crippen LogP) is 4.80. The number of hydrogen-bond acceptors (Lipinski definition) is 1. The Hall–Kier alpha value is -1.15. The van der Waals surface area contributed by atoms with Crippen molar-refractivity contribution in [2.75, 3.05) is 5.75 Å². The minimum absolute atomic E-state index is 0.144. The Morgan fingerprint density at radius 3 is 2.25 bits per heavy atom. The molecule has 0 radical (unpaired) electrons. The molecule has 1 nitrogen and oxygen atoms in total. The molecule has 2 heteroatoms. The lowest BCUT2D eigenvalue weighted by Crippen LogP contribution is -2.26. The van der Waals surface area contributed by atoms with Crippen molar-refractivity contribution < 1.29 is 4.21 Å². The minimum atomic E-state index is -0.816. The standard InChI is InChI=1S/C18H24OS/c1-13-10-11-16(17-9-7-6-8-15(13)17)14(2)12-20(19)18(3,4)5/h6-11,14H,12H2,1-5H3/t14-,20+/m0/s1. The molecule has 0 saturated carbocycles. The van der Waals surface area contributed by atoms with E-state index in [1.807, 2.05) is 20.8 Å². The van der Waals surface area contributed by atoms with Gasteiger partial charge in [0.1, 0.15) is 0 Å². The first kappa shape index (κ1) is 15.2. The molecule has 0 aliphatic rings. The quantitative estimate of drug-likeness (QED) is 0.793. The molecule has 0 amide bonds. The molecule has 0 aliphatic carbocycles. The molecule has 0 unspecified atom stereocenters. The summed E-state index contributed by atoms with van der Waals surface area (Å²) in [5, 5.41) is 2.60. The number of hydrogen-bond donors (Lipinski definition) is 0. The normalized spacial score (nSPS) is 15.2. The van der Waals surface area contributed by atoms with Crippen LogP contribution in [0.15, 0.2) is 36.4 Å². The van der Waals surface area contributed by atoms with Crippen LogP contribution in [0.25, 0.3) is 10.8 Å². The van der Waals surface area contributed by atoms with Gasteiger partial charge in [0, 0.05) is 21.3 Å². The summed E-state index contributed by atoms with van der Waals surface area (Å²) < 4.78 is 12.2. The van der Waals surface area contributed by atoms with Crippen LogP contribution in [0.3, 0.4) is 0 Å². The molecular weight excluding hydrogens is 264 g/mol. The van der Waals surface area contributed by atoms with Crippen LogP contribution >= 0.6 is 0 Å². The zero-order valence-electron chi connectivity index (χ0n) is 13.1. The lowest BCUT2D eigenvalue weighted by molar-refractivity contribution is 0.643. The maximum atomic E-state index is 12.4. The summed E-state index contributed by atoms with van der Waals surface area (Å²) in [5.74, 6) is 1.02. The van der Waals surface area contributed by atoms with Crippen LogP contribution in [0, 0.1) is 6.92 Å². The van der Waals surface area contributed by atoms with E-state index in [9.17, 15) is 4.21 Å². The van der Waals surface area contributed by atoms with Gasteiger partial charge in [-0.15, -0.1) is 0 Å². The molecule has 0 spiro atoms. The number of aryl methyl sites for hydroxylation is 1. The smallest absolute Gasteiger partial charge is 0.0375 e. The average Bonchev–Trinajstić information content (AvgIpc) is 2.38. The van der Waals surface area contributed by atoms with Crippen molar-refractivity contribution >= 4 is 21.6 Å². The third-order valence-electron chi connectivity index (χ3n) is 3.79. The molecule has 0 saturated heterocycles. The van der Waals surface area contributed by atoms with E-state index < -0.39 is 10.8 Å². The second-order valence-electron chi connectivity index (χ2n) is 6.54. The van der Waals surface area contributed by atoms with Crippen LogP contribution in [0.1, 0.15) is 44.7 Å². The van der Waals surface area contributed by atoms with Crippen molar-refractivity contribution in [1.82, 2.24) is 0 Å². The third-order valence-corrected chi connectivity index (χ3v) is 5.96. The van der Waals surface area contributed by atoms with Crippen LogP contribution in [0.5, 0.6) is 0 Å². The summed E-state index contributed by atoms with van der Waals surface area (Å²) in [6.07, 6.45) is 0. The molecule has 0 aliphatic heterocycles. The maximum absolute atomic E-state index is 12.4. The van der Waals surface area contributed by atoms with Gasteiger partial charge in [-0.1, -0.05) is 43.3 Å². The molecule has 2 atom stereocenters. The Morgan fingerprint density at radius 1 is 1.05 bits per heavy atom. The number of benzene rings is 2. The van der Waals surface area contributed by atoms with Crippen molar-refractivity contribution in [2.24, 2.45) is 0 Å². The Bertz CT molecular complexity index is 637. The fraction of sp³-hybridized carbons (Fsp3) is 0.444. The van der Waals surface area contributed by atoms with E-state index >= 15 is 0 Å². The highest BCUT2D eigenvalue weighted by Gasteiger charge is 2.22. The van der Waals surface area contributed by atoms with Crippen LogP contribution in [0.4, 0.5) is 0 Å². The van der Waals surface area contributed by atoms with Crippen LogP contribution in [0.2, 0.25) is 0 Å². The van der Waals surface area contributed by atoms with Gasteiger partial charge in [0.05, 0.1) is 0 Å². The van der Waals surface area contributed by atoms with E-state index in [0.29, 0.717) is 5.92 Å². The Kier molecular flexibility index (Phi) is 4.33. The van der Waals surface area contributed by atoms with Crippen LogP contribution in [-0.4, -0.2) is 14.7 Å². The van der Waals surface area contributed by atoms with E-state index in [1.54, 1.807) is 0 Å². The zero-order valence-corrected chi connectivity index (χ0v) is 13.9. The lowest BCUT2D eigenvalue weighted by atomic mass is 9.94. The Labute approximate surface area is 124 Å². The van der Waals surface area contributed by atoms with Crippen molar-refractivity contribution in [1.29, 1.82) is 0 Å². The van der Waals surface area contributed by atoms with E-state index in [1.165, 1.54) is 21.9 Å². The van der Waals surface area contributed by atoms with Crippen molar-refractivity contribution in [3.63, 3.8) is 0 Å². The average molecular weight is 288 g/mol. The summed E-state index contributed by atoms with van der Waals surface area (Å²) in [6.45, 7) is 10.5. The maximum Gasteiger partial charge on any atom is 0.0375 e. The van der Waals surface area contributed by atoms with Gasteiger partial charge in [0.2, 0.25) is 0 Å². The second kappa shape index (κ2) is 5.69. The molecule has 20 heavy (non-hydrogen) atoms. The molecule has 0 aromatic heterocycles. The highest BCUT2D eigenvalue weighted by Crippen LogP contribution is 2.29. The lowest BCUT2D eigenvalue weighted by Gasteiger charge is -2.22. The van der Waals surface area contributed by atoms with E-state index in [-0.39, 0.29) is 4.75 Å². The summed E-state index contributed by atoms with van der Waals surface area (Å²) in [5.41, 5.74) is 2.61. The van der Waals surface area contributed by atoms with Gasteiger partial charge < -0.3 is 0 Å². The van der Waals surface area contributed by atoms with Crippen molar-refractivity contribution in [3.05, 3.63) is 47.5 Å². The van der Waals surface area contributed by atoms with Gasteiger partial charge in [-0.3, -0.25) is 4.21 Å². The van der Waals surface area contributed by atoms with Gasteiger partial charge in [-0.2, -0.15) is 0 Å². The fourth-order valence-electron chi connectivity index (χ4n) is 2.47. The van der Waals surface area contributed by atoms with Gasteiger partial charge >= 0.3 is 0 Å². The fourth-order valence-corrected chi connectivity index (χ4v) is 3.60. The van der Waals surface area contributed by atoms with E-state index in [0.717, 1.165) is 5.75 Å². The second-order valence-corrected chi connectivity index (χ2v) is 8.79. The van der Waals surface area contributed by atoms with Crippen LogP contribution < -0.4 is 0 Å². The first-order valence-electron chi connectivity index (χ1n) is 7.17. The molecule has 0 fully saturated rings. The molecular formula is C18H24OS. The van der Waals surface area contributed by atoms with Gasteiger partial charge in [-0.05, 0) is 55.5 Å². The predicted molar refractivity (Wildman–Crippen MR) is 89.9 cm³/mol. The summed E-state index contributed by atoms with van der Waals surface area (Å²) >= 11 is 0. The minimum Gasteiger partial charge on any atom is -0.259 e. The van der Waals surface area contributed by atoms with Crippen LogP contribution in [-0.2, 0) is 10.8 Å². The first-order chi connectivity index (χ1) is 9.30. The topological polar surface area (TPSA) is 17.1 Å². The number of fused-ring (bicyclic) bond motifs is 1. The summed E-state index contributed by atoms with van der Waals surface area (Å²) in [4.78, 5) is 0. The van der Waals surface area contributed by atoms with Gasteiger partial charge in [0.15, 0.2) is 0 Å². The summed E-state index contributed by atoms with van der Waals surface area (Å²) in [6, 6.07) is 12.9. The summed E-state index contributed by atoms with van der Waals surface area (Å²) in [7, 11) is -0.816. The van der Waals surface area contributed by atoms with Gasteiger partial charge in [-0.25, -0.2) is 0 Å². The molecule has 108 valence electrons. The van der Waals surface area contributed by atoms with E-state index in [2.05, 4.69) is 50.2 Å². The molecule has 2 aromatic rings. The molecule has 2 rings (SSSR count). The SMILES string of the molecule is Cc1ccc([C@@H](C)C[S@@](=O)C(C)(C)C)c2ccccc12. The zero-order chi connectivity index (χ0) is 14.9. The molecule has 0 N–H and O–H groups in total. The van der Waals surface area contributed by atoms with E-state index in [4.69, 9.17) is 0 Å². The molecule has 0 bridgehead atoms. The van der Waals surface area contributed by atoms with Gasteiger partial charge in [0.25, 0.3) is 0 Å². The highest BCUT2D eigenvalue weighted by molar-refractivity contribution is 7.86. The third kappa shape index (κ3) is 3.12. The molecule has 0 heterocycles.